The minimum atomic E-state index is -0.248. The van der Waals surface area contributed by atoms with E-state index in [1.54, 1.807) is 13.2 Å². The Kier molecular flexibility index (Phi) is 6.05. The van der Waals surface area contributed by atoms with E-state index < -0.39 is 0 Å². The summed E-state index contributed by atoms with van der Waals surface area (Å²) in [6, 6.07) is 9.77. The number of nitrogens with one attached hydrogen (secondary N) is 2. The third-order valence-corrected chi connectivity index (χ3v) is 3.34. The van der Waals surface area contributed by atoms with Crippen molar-refractivity contribution >= 4 is 17.4 Å². The van der Waals surface area contributed by atoms with Crippen molar-refractivity contribution in [1.29, 1.82) is 0 Å². The van der Waals surface area contributed by atoms with Crippen molar-refractivity contribution in [3.63, 3.8) is 0 Å². The lowest BCUT2D eigenvalue weighted by Crippen LogP contribution is -2.27. The lowest BCUT2D eigenvalue weighted by atomic mass is 10.0. The molecule has 2 aromatic rings. The van der Waals surface area contributed by atoms with E-state index in [9.17, 15) is 4.79 Å². The molecule has 0 saturated heterocycles. The lowest BCUT2D eigenvalue weighted by molar-refractivity contribution is 0.0932. The molecular formula is C17H22N4O2. The van der Waals surface area contributed by atoms with Gasteiger partial charge in [-0.15, -0.1) is 0 Å². The summed E-state index contributed by atoms with van der Waals surface area (Å²) in [7, 11) is 1.59. The molecule has 1 aromatic heterocycles. The zero-order valence-corrected chi connectivity index (χ0v) is 13.7. The molecule has 1 amide bonds. The van der Waals surface area contributed by atoms with Gasteiger partial charge in [-0.2, -0.15) is 0 Å². The Morgan fingerprint density at radius 1 is 1.22 bits per heavy atom. The monoisotopic (exact) mass is 314 g/mol. The summed E-state index contributed by atoms with van der Waals surface area (Å²) in [5.41, 5.74) is 2.51. The van der Waals surface area contributed by atoms with Gasteiger partial charge in [0.25, 0.3) is 5.91 Å². The minimum Gasteiger partial charge on any atom is -0.383 e. The smallest absolute Gasteiger partial charge is 0.270 e. The van der Waals surface area contributed by atoms with Gasteiger partial charge in [-0.3, -0.25) is 4.79 Å². The molecule has 0 fully saturated rings. The van der Waals surface area contributed by atoms with Crippen LogP contribution in [0, 0.1) is 0 Å². The Morgan fingerprint density at radius 3 is 2.61 bits per heavy atom. The highest BCUT2D eigenvalue weighted by molar-refractivity contribution is 5.92. The Hall–Kier alpha value is -2.47. The quantitative estimate of drug-likeness (QED) is 0.769. The van der Waals surface area contributed by atoms with Gasteiger partial charge in [-0.1, -0.05) is 26.0 Å². The first-order valence-electron chi connectivity index (χ1n) is 7.56. The number of hydrogen-bond acceptors (Lipinski definition) is 5. The van der Waals surface area contributed by atoms with Gasteiger partial charge in [0.2, 0.25) is 0 Å². The molecule has 0 atom stereocenters. The predicted octanol–water partition coefficient (Wildman–Crippen LogP) is 2.72. The molecule has 0 spiro atoms. The van der Waals surface area contributed by atoms with Crippen molar-refractivity contribution in [2.24, 2.45) is 0 Å². The molecule has 0 aliphatic carbocycles. The number of amides is 1. The normalized spacial score (nSPS) is 10.6. The van der Waals surface area contributed by atoms with Crippen molar-refractivity contribution < 1.29 is 9.53 Å². The number of hydrogen-bond donors (Lipinski definition) is 2. The first-order valence-corrected chi connectivity index (χ1v) is 7.56. The highest BCUT2D eigenvalue weighted by Gasteiger charge is 2.08. The van der Waals surface area contributed by atoms with E-state index in [2.05, 4.69) is 46.6 Å². The maximum atomic E-state index is 12.0. The van der Waals surface area contributed by atoms with Gasteiger partial charge in [0.1, 0.15) is 17.8 Å². The van der Waals surface area contributed by atoms with Gasteiger partial charge in [0.05, 0.1) is 6.61 Å². The fraction of sp³-hybridized carbons (Fsp3) is 0.353. The number of ether oxygens (including phenoxy) is 1. The number of benzene rings is 1. The molecule has 6 nitrogen and oxygen atoms in total. The molecule has 0 aliphatic rings. The van der Waals surface area contributed by atoms with E-state index in [-0.39, 0.29) is 5.91 Å². The third kappa shape index (κ3) is 5.03. The molecule has 1 aromatic carbocycles. The van der Waals surface area contributed by atoms with Crippen LogP contribution in [0.25, 0.3) is 0 Å². The maximum absolute atomic E-state index is 12.0. The van der Waals surface area contributed by atoms with Gasteiger partial charge in [-0.05, 0) is 23.6 Å². The Labute approximate surface area is 136 Å². The fourth-order valence-electron chi connectivity index (χ4n) is 2.01. The molecule has 1 heterocycles. The molecule has 2 rings (SSSR count). The fourth-order valence-corrected chi connectivity index (χ4v) is 2.01. The number of nitrogens with zero attached hydrogens (tertiary/aromatic N) is 2. The predicted molar refractivity (Wildman–Crippen MR) is 90.1 cm³/mol. The van der Waals surface area contributed by atoms with E-state index in [1.165, 1.54) is 11.9 Å². The maximum Gasteiger partial charge on any atom is 0.270 e. The SMILES string of the molecule is COCCNC(=O)c1cc(Nc2ccc(C(C)C)cc2)ncn1. The number of rotatable bonds is 7. The molecular weight excluding hydrogens is 292 g/mol. The van der Waals surface area contributed by atoms with Crippen molar-refractivity contribution in [2.45, 2.75) is 19.8 Å². The zero-order valence-electron chi connectivity index (χ0n) is 13.7. The van der Waals surface area contributed by atoms with Crippen LogP contribution in [-0.2, 0) is 4.74 Å². The molecule has 23 heavy (non-hydrogen) atoms. The molecule has 0 aliphatic heterocycles. The second-order valence-electron chi connectivity index (χ2n) is 5.44. The van der Waals surface area contributed by atoms with E-state index in [4.69, 9.17) is 4.74 Å². The summed E-state index contributed by atoms with van der Waals surface area (Å²) < 4.78 is 4.90. The molecule has 2 N–H and O–H groups in total. The number of aromatic nitrogens is 2. The van der Waals surface area contributed by atoms with E-state index >= 15 is 0 Å². The van der Waals surface area contributed by atoms with Crippen LogP contribution < -0.4 is 10.6 Å². The van der Waals surface area contributed by atoms with Crippen LogP contribution >= 0.6 is 0 Å². The van der Waals surface area contributed by atoms with Gasteiger partial charge < -0.3 is 15.4 Å². The van der Waals surface area contributed by atoms with Crippen LogP contribution in [-0.4, -0.2) is 36.1 Å². The van der Waals surface area contributed by atoms with Crippen LogP contribution in [0.1, 0.15) is 35.8 Å². The largest absolute Gasteiger partial charge is 0.383 e. The number of methoxy groups -OCH3 is 1. The van der Waals surface area contributed by atoms with Crippen molar-refractivity contribution in [3.8, 4) is 0 Å². The first kappa shape index (κ1) is 16.9. The summed E-state index contributed by atoms with van der Waals surface area (Å²) >= 11 is 0. The Balaban J connectivity index is 2.03. The van der Waals surface area contributed by atoms with Crippen LogP contribution in [0.15, 0.2) is 36.7 Å². The van der Waals surface area contributed by atoms with Gasteiger partial charge >= 0.3 is 0 Å². The van der Waals surface area contributed by atoms with Crippen LogP contribution in [0.2, 0.25) is 0 Å². The average molecular weight is 314 g/mol. The van der Waals surface area contributed by atoms with E-state index in [0.29, 0.717) is 30.6 Å². The molecule has 6 heteroatoms. The number of carbonyl (C=O) groups excluding carboxylic acids is 1. The Morgan fingerprint density at radius 2 is 1.96 bits per heavy atom. The molecule has 0 radical (unpaired) electrons. The second-order valence-corrected chi connectivity index (χ2v) is 5.44. The molecule has 122 valence electrons. The molecule has 0 saturated carbocycles. The van der Waals surface area contributed by atoms with E-state index in [0.717, 1.165) is 5.69 Å². The lowest BCUT2D eigenvalue weighted by Gasteiger charge is -2.09. The summed E-state index contributed by atoms with van der Waals surface area (Å²) in [6.45, 7) is 5.21. The Bertz CT molecular complexity index is 641. The summed E-state index contributed by atoms with van der Waals surface area (Å²) in [5, 5.41) is 5.91. The van der Waals surface area contributed by atoms with Gasteiger partial charge in [0.15, 0.2) is 0 Å². The van der Waals surface area contributed by atoms with E-state index in [1.807, 2.05) is 12.1 Å². The van der Waals surface area contributed by atoms with Crippen molar-refractivity contribution in [2.75, 3.05) is 25.6 Å². The second kappa shape index (κ2) is 8.24. The number of carbonyl (C=O) groups is 1. The van der Waals surface area contributed by atoms with Crippen LogP contribution in [0.4, 0.5) is 11.5 Å². The zero-order chi connectivity index (χ0) is 16.7. The van der Waals surface area contributed by atoms with Crippen LogP contribution in [0.5, 0.6) is 0 Å². The third-order valence-electron chi connectivity index (χ3n) is 3.34. The number of anilines is 2. The molecule has 0 bridgehead atoms. The topological polar surface area (TPSA) is 76.1 Å². The first-order chi connectivity index (χ1) is 11.1. The van der Waals surface area contributed by atoms with Crippen molar-refractivity contribution in [3.05, 3.63) is 47.9 Å². The highest BCUT2D eigenvalue weighted by Crippen LogP contribution is 2.19. The minimum absolute atomic E-state index is 0.248. The summed E-state index contributed by atoms with van der Waals surface area (Å²) in [5.74, 6) is 0.822. The highest BCUT2D eigenvalue weighted by atomic mass is 16.5. The van der Waals surface area contributed by atoms with Gasteiger partial charge in [0, 0.05) is 25.4 Å². The molecule has 0 unspecified atom stereocenters. The standard InChI is InChI=1S/C17H22N4O2/c1-12(2)13-4-6-14(7-5-13)21-16-10-15(19-11-20-16)17(22)18-8-9-23-3/h4-7,10-12H,8-9H2,1-3H3,(H,18,22)(H,19,20,21). The average Bonchev–Trinajstić information content (AvgIpc) is 2.56. The van der Waals surface area contributed by atoms with Crippen molar-refractivity contribution in [1.82, 2.24) is 15.3 Å². The summed E-state index contributed by atoms with van der Waals surface area (Å²) in [4.78, 5) is 20.1. The summed E-state index contributed by atoms with van der Waals surface area (Å²) in [6.07, 6.45) is 1.37. The van der Waals surface area contributed by atoms with Crippen LogP contribution in [0.3, 0.4) is 0 Å². The van der Waals surface area contributed by atoms with Gasteiger partial charge in [-0.25, -0.2) is 9.97 Å².